The Hall–Kier alpha value is -2.54. The fourth-order valence-corrected chi connectivity index (χ4v) is 1.80. The number of rotatable bonds is 4. The van der Waals surface area contributed by atoms with Crippen molar-refractivity contribution in [1.29, 1.82) is 0 Å². The zero-order valence-corrected chi connectivity index (χ0v) is 12.2. The fraction of sp³-hybridized carbons (Fsp3) is 0.0667. The summed E-state index contributed by atoms with van der Waals surface area (Å²) in [6.45, 7) is -0.766. The van der Waals surface area contributed by atoms with Crippen molar-refractivity contribution in [3.05, 3.63) is 64.4 Å². The van der Waals surface area contributed by atoms with Gasteiger partial charge in [0.2, 0.25) is 0 Å². The number of anilines is 1. The summed E-state index contributed by atoms with van der Waals surface area (Å²) >= 11 is 5.55. The number of carbonyl (C=O) groups is 2. The molecule has 2 aromatic rings. The summed E-state index contributed by atoms with van der Waals surface area (Å²) in [5.41, 5.74) is -0.666. The summed E-state index contributed by atoms with van der Waals surface area (Å²) in [4.78, 5) is 23.2. The third kappa shape index (κ3) is 4.46. The topological polar surface area (TPSA) is 55.4 Å². The van der Waals surface area contributed by atoms with E-state index in [2.05, 4.69) is 10.1 Å². The van der Waals surface area contributed by atoms with Gasteiger partial charge in [-0.1, -0.05) is 11.6 Å². The van der Waals surface area contributed by atoms with Gasteiger partial charge in [0.25, 0.3) is 5.91 Å². The Balaban J connectivity index is 1.94. The third-order valence-electron chi connectivity index (χ3n) is 2.69. The van der Waals surface area contributed by atoms with Crippen LogP contribution in [0.2, 0.25) is 5.02 Å². The maximum Gasteiger partial charge on any atom is 0.341 e. The summed E-state index contributed by atoms with van der Waals surface area (Å²) in [7, 11) is 0. The van der Waals surface area contributed by atoms with Crippen LogP contribution in [0.15, 0.2) is 36.4 Å². The van der Waals surface area contributed by atoms with Crippen molar-refractivity contribution in [3.63, 3.8) is 0 Å². The van der Waals surface area contributed by atoms with E-state index in [0.717, 1.165) is 24.3 Å². The summed E-state index contributed by atoms with van der Waals surface area (Å²) in [5, 5.41) is 2.20. The van der Waals surface area contributed by atoms with Crippen LogP contribution in [0.1, 0.15) is 10.4 Å². The van der Waals surface area contributed by atoms with Crippen LogP contribution in [0.25, 0.3) is 0 Å². The number of amides is 1. The lowest BCUT2D eigenvalue weighted by atomic mass is 10.2. The zero-order chi connectivity index (χ0) is 17.0. The van der Waals surface area contributed by atoms with Gasteiger partial charge in [0.05, 0.1) is 11.3 Å². The van der Waals surface area contributed by atoms with Gasteiger partial charge in [-0.3, -0.25) is 4.79 Å². The van der Waals surface area contributed by atoms with E-state index in [4.69, 9.17) is 11.6 Å². The molecule has 1 amide bonds. The largest absolute Gasteiger partial charge is 0.452 e. The van der Waals surface area contributed by atoms with E-state index in [1.54, 1.807) is 0 Å². The molecular weight excluding hydrogens is 335 g/mol. The molecule has 0 spiro atoms. The standard InChI is InChI=1S/C15H9ClF3NO3/c16-8-1-3-10(11(18)5-8)15(22)23-7-14(21)20-13-4-2-9(17)6-12(13)19/h1-6H,7H2,(H,20,21). The lowest BCUT2D eigenvalue weighted by Gasteiger charge is -2.08. The van der Waals surface area contributed by atoms with E-state index >= 15 is 0 Å². The van der Waals surface area contributed by atoms with Crippen LogP contribution in [-0.4, -0.2) is 18.5 Å². The Morgan fingerprint density at radius 3 is 2.43 bits per heavy atom. The van der Waals surface area contributed by atoms with Gasteiger partial charge in [-0.15, -0.1) is 0 Å². The van der Waals surface area contributed by atoms with Gasteiger partial charge in [-0.05, 0) is 30.3 Å². The molecule has 0 fully saturated rings. The molecule has 0 saturated heterocycles. The third-order valence-corrected chi connectivity index (χ3v) is 2.93. The summed E-state index contributed by atoms with van der Waals surface area (Å²) in [5.74, 6) is -4.61. The van der Waals surface area contributed by atoms with Crippen LogP contribution >= 0.6 is 11.6 Å². The molecule has 0 saturated carbocycles. The number of nitrogens with one attached hydrogen (secondary N) is 1. The van der Waals surface area contributed by atoms with Crippen LogP contribution in [0.3, 0.4) is 0 Å². The van der Waals surface area contributed by atoms with Gasteiger partial charge in [0.15, 0.2) is 6.61 Å². The Labute approximate surface area is 133 Å². The first-order valence-electron chi connectivity index (χ1n) is 6.24. The van der Waals surface area contributed by atoms with Gasteiger partial charge >= 0.3 is 5.97 Å². The maximum atomic E-state index is 13.5. The van der Waals surface area contributed by atoms with Crippen molar-refractivity contribution < 1.29 is 27.5 Å². The lowest BCUT2D eigenvalue weighted by molar-refractivity contribution is -0.119. The highest BCUT2D eigenvalue weighted by Crippen LogP contribution is 2.16. The van der Waals surface area contributed by atoms with Crippen molar-refractivity contribution >= 4 is 29.2 Å². The average molecular weight is 344 g/mol. The number of hydrogen-bond donors (Lipinski definition) is 1. The van der Waals surface area contributed by atoms with Crippen molar-refractivity contribution in [2.75, 3.05) is 11.9 Å². The number of halogens is 4. The van der Waals surface area contributed by atoms with Crippen LogP contribution in [0.4, 0.5) is 18.9 Å². The molecule has 4 nitrogen and oxygen atoms in total. The van der Waals surface area contributed by atoms with Crippen molar-refractivity contribution in [2.45, 2.75) is 0 Å². The molecular formula is C15H9ClF3NO3. The lowest BCUT2D eigenvalue weighted by Crippen LogP contribution is -2.21. The highest BCUT2D eigenvalue weighted by atomic mass is 35.5. The van der Waals surface area contributed by atoms with E-state index in [1.807, 2.05) is 0 Å². The first-order valence-corrected chi connectivity index (χ1v) is 6.61. The van der Waals surface area contributed by atoms with Crippen LogP contribution in [0.5, 0.6) is 0 Å². The van der Waals surface area contributed by atoms with E-state index in [1.165, 1.54) is 6.07 Å². The minimum Gasteiger partial charge on any atom is -0.452 e. The van der Waals surface area contributed by atoms with Gasteiger partial charge in [0, 0.05) is 11.1 Å². The molecule has 0 aromatic heterocycles. The Morgan fingerprint density at radius 1 is 1.04 bits per heavy atom. The minimum atomic E-state index is -1.08. The fourth-order valence-electron chi connectivity index (χ4n) is 1.64. The molecule has 1 N–H and O–H groups in total. The normalized spacial score (nSPS) is 10.3. The Morgan fingerprint density at radius 2 is 1.78 bits per heavy atom. The zero-order valence-electron chi connectivity index (χ0n) is 11.4. The molecule has 0 aliphatic rings. The molecule has 0 heterocycles. The Kier molecular flexibility index (Phi) is 5.23. The van der Waals surface area contributed by atoms with Crippen molar-refractivity contribution in [1.82, 2.24) is 0 Å². The molecule has 2 rings (SSSR count). The second-order valence-electron chi connectivity index (χ2n) is 4.37. The summed E-state index contributed by atoms with van der Waals surface area (Å²) in [6, 6.07) is 5.88. The van der Waals surface area contributed by atoms with Crippen molar-refractivity contribution in [3.8, 4) is 0 Å². The molecule has 0 bridgehead atoms. The second kappa shape index (κ2) is 7.15. The number of benzene rings is 2. The molecule has 23 heavy (non-hydrogen) atoms. The van der Waals surface area contributed by atoms with E-state index in [0.29, 0.717) is 6.07 Å². The Bertz CT molecular complexity index is 768. The average Bonchev–Trinajstić information content (AvgIpc) is 2.48. The van der Waals surface area contributed by atoms with E-state index in [9.17, 15) is 22.8 Å². The summed E-state index contributed by atoms with van der Waals surface area (Å²) < 4.78 is 44.2. The predicted octanol–water partition coefficient (Wildman–Crippen LogP) is 3.55. The van der Waals surface area contributed by atoms with Crippen molar-refractivity contribution in [2.24, 2.45) is 0 Å². The maximum absolute atomic E-state index is 13.5. The van der Waals surface area contributed by atoms with Gasteiger partial charge in [-0.25, -0.2) is 18.0 Å². The van der Waals surface area contributed by atoms with E-state index < -0.39 is 41.5 Å². The molecule has 120 valence electrons. The van der Waals surface area contributed by atoms with Crippen LogP contribution < -0.4 is 5.32 Å². The van der Waals surface area contributed by atoms with Gasteiger partial charge < -0.3 is 10.1 Å². The minimum absolute atomic E-state index is 0.101. The molecule has 0 radical (unpaired) electrons. The second-order valence-corrected chi connectivity index (χ2v) is 4.81. The summed E-state index contributed by atoms with van der Waals surface area (Å²) in [6.07, 6.45) is 0. The number of esters is 1. The highest BCUT2D eigenvalue weighted by Gasteiger charge is 2.16. The molecule has 0 unspecified atom stereocenters. The van der Waals surface area contributed by atoms with Crippen LogP contribution in [-0.2, 0) is 9.53 Å². The molecule has 2 aromatic carbocycles. The molecule has 8 heteroatoms. The quantitative estimate of drug-likeness (QED) is 0.864. The first-order chi connectivity index (χ1) is 10.9. The predicted molar refractivity (Wildman–Crippen MR) is 76.7 cm³/mol. The molecule has 0 atom stereocenters. The monoisotopic (exact) mass is 343 g/mol. The first kappa shape index (κ1) is 16.8. The SMILES string of the molecule is O=C(COC(=O)c1ccc(Cl)cc1F)Nc1ccc(F)cc1F. The van der Waals surface area contributed by atoms with Gasteiger partial charge in [0.1, 0.15) is 17.5 Å². The number of ether oxygens (including phenoxy) is 1. The highest BCUT2D eigenvalue weighted by molar-refractivity contribution is 6.30. The van der Waals surface area contributed by atoms with E-state index in [-0.39, 0.29) is 10.7 Å². The smallest absolute Gasteiger partial charge is 0.341 e. The van der Waals surface area contributed by atoms with Crippen LogP contribution in [0, 0.1) is 17.5 Å². The van der Waals surface area contributed by atoms with Gasteiger partial charge in [-0.2, -0.15) is 0 Å². The molecule has 0 aliphatic carbocycles. The molecule has 0 aliphatic heterocycles. The number of hydrogen-bond acceptors (Lipinski definition) is 3. The number of carbonyl (C=O) groups excluding carboxylic acids is 2.